The third kappa shape index (κ3) is 3.02. The summed E-state index contributed by atoms with van der Waals surface area (Å²) in [6.07, 6.45) is 0. The number of imide groups is 1. The second-order valence-corrected chi connectivity index (χ2v) is 6.13. The molecule has 2 rings (SSSR count). The number of carbonyl (C=O) groups excluding carboxylic acids is 2. The van der Waals surface area contributed by atoms with Crippen LogP contribution in [0.25, 0.3) is 0 Å². The van der Waals surface area contributed by atoms with E-state index < -0.39 is 17.1 Å². The molecule has 1 aromatic carbocycles. The molecule has 7 heteroatoms. The van der Waals surface area contributed by atoms with Gasteiger partial charge in [0.2, 0.25) is 0 Å². The quantitative estimate of drug-likeness (QED) is 0.652. The van der Waals surface area contributed by atoms with Crippen LogP contribution in [0.3, 0.4) is 0 Å². The molecule has 0 bridgehead atoms. The minimum absolute atomic E-state index is 0.487. The van der Waals surface area contributed by atoms with Crippen LogP contribution in [-0.2, 0) is 0 Å². The van der Waals surface area contributed by atoms with E-state index in [2.05, 4.69) is 23.0 Å². The predicted molar refractivity (Wildman–Crippen MR) is 85.6 cm³/mol. The molecule has 4 amide bonds. The SMILES string of the molecule is CC(C)=NN1C(=O)N(c2ccc(C)cc2)C(=O)NC1(C)S. The van der Waals surface area contributed by atoms with Crippen LogP contribution in [0.2, 0.25) is 0 Å². The molecule has 1 heterocycles. The number of hydrazone groups is 1. The minimum Gasteiger partial charge on any atom is -0.304 e. The van der Waals surface area contributed by atoms with Gasteiger partial charge in [-0.25, -0.2) is 14.5 Å². The molecule has 1 aromatic rings. The summed E-state index contributed by atoms with van der Waals surface area (Å²) in [5, 5.41) is 7.98. The van der Waals surface area contributed by atoms with Crippen LogP contribution in [0.4, 0.5) is 15.3 Å². The number of nitrogens with one attached hydrogen (secondary N) is 1. The minimum atomic E-state index is -1.17. The van der Waals surface area contributed by atoms with Crippen molar-refractivity contribution in [2.45, 2.75) is 32.7 Å². The third-order valence-corrected chi connectivity index (χ3v) is 3.23. The summed E-state index contributed by atoms with van der Waals surface area (Å²) >= 11 is 4.31. The zero-order valence-corrected chi connectivity index (χ0v) is 13.3. The fourth-order valence-corrected chi connectivity index (χ4v) is 2.17. The number of amides is 4. The second kappa shape index (κ2) is 5.40. The maximum absolute atomic E-state index is 12.6. The maximum Gasteiger partial charge on any atom is 0.356 e. The molecule has 21 heavy (non-hydrogen) atoms. The van der Waals surface area contributed by atoms with Gasteiger partial charge in [0, 0.05) is 5.71 Å². The monoisotopic (exact) mass is 306 g/mol. The van der Waals surface area contributed by atoms with Crippen LogP contribution in [0.1, 0.15) is 26.3 Å². The van der Waals surface area contributed by atoms with E-state index in [9.17, 15) is 9.59 Å². The lowest BCUT2D eigenvalue weighted by Crippen LogP contribution is -2.67. The van der Waals surface area contributed by atoms with Crippen LogP contribution in [0.15, 0.2) is 29.4 Å². The third-order valence-electron chi connectivity index (χ3n) is 2.92. The summed E-state index contributed by atoms with van der Waals surface area (Å²) in [7, 11) is 0. The Morgan fingerprint density at radius 3 is 2.33 bits per heavy atom. The number of hydrogen-bond acceptors (Lipinski definition) is 4. The van der Waals surface area contributed by atoms with Crippen LogP contribution < -0.4 is 10.2 Å². The van der Waals surface area contributed by atoms with E-state index in [0.29, 0.717) is 11.4 Å². The van der Waals surface area contributed by atoms with Gasteiger partial charge in [0.05, 0.1) is 5.69 Å². The molecule has 1 unspecified atom stereocenters. The Morgan fingerprint density at radius 1 is 1.24 bits per heavy atom. The molecule has 1 saturated heterocycles. The molecular formula is C14H18N4O2S. The van der Waals surface area contributed by atoms with Gasteiger partial charge < -0.3 is 5.32 Å². The number of anilines is 1. The highest BCUT2D eigenvalue weighted by atomic mass is 32.1. The first-order valence-corrected chi connectivity index (χ1v) is 6.94. The Labute approximate surface area is 129 Å². The van der Waals surface area contributed by atoms with Crippen LogP contribution in [0.5, 0.6) is 0 Å². The lowest BCUT2D eigenvalue weighted by atomic mass is 10.2. The number of nitrogens with zero attached hydrogens (tertiary/aromatic N) is 3. The van der Waals surface area contributed by atoms with Gasteiger partial charge in [-0.05, 0) is 39.8 Å². The molecule has 0 saturated carbocycles. The standard InChI is InChI=1S/C14H18N4O2S/c1-9(2)16-18-13(20)17(12(19)15-14(18,4)21)11-7-5-10(3)6-8-11/h5-8,21H,1-4H3,(H,15,19). The average Bonchev–Trinajstić information content (AvgIpc) is 2.36. The van der Waals surface area contributed by atoms with Crippen molar-refractivity contribution in [2.24, 2.45) is 5.10 Å². The highest BCUT2D eigenvalue weighted by molar-refractivity contribution is 7.81. The summed E-state index contributed by atoms with van der Waals surface area (Å²) < 4.78 is 0. The molecule has 1 atom stereocenters. The van der Waals surface area contributed by atoms with Crippen LogP contribution in [0, 0.1) is 6.92 Å². The van der Waals surface area contributed by atoms with E-state index in [0.717, 1.165) is 15.5 Å². The van der Waals surface area contributed by atoms with Gasteiger partial charge in [-0.2, -0.15) is 10.1 Å². The Balaban J connectivity index is 2.43. The maximum atomic E-state index is 12.6. The van der Waals surface area contributed by atoms with Gasteiger partial charge in [0.25, 0.3) is 0 Å². The molecule has 0 radical (unpaired) electrons. The van der Waals surface area contributed by atoms with E-state index in [1.807, 2.05) is 19.1 Å². The van der Waals surface area contributed by atoms with Gasteiger partial charge in [0.15, 0.2) is 4.99 Å². The largest absolute Gasteiger partial charge is 0.356 e. The highest BCUT2D eigenvalue weighted by Crippen LogP contribution is 2.28. The first-order chi connectivity index (χ1) is 9.72. The van der Waals surface area contributed by atoms with Gasteiger partial charge in [0.1, 0.15) is 0 Å². The molecule has 1 N–H and O–H groups in total. The summed E-state index contributed by atoms with van der Waals surface area (Å²) in [5.74, 6) is 0. The van der Waals surface area contributed by atoms with Crippen molar-refractivity contribution in [3.05, 3.63) is 29.8 Å². The molecule has 1 fully saturated rings. The summed E-state index contributed by atoms with van der Waals surface area (Å²) in [6.45, 7) is 7.07. The Morgan fingerprint density at radius 2 is 1.81 bits per heavy atom. The van der Waals surface area contributed by atoms with Crippen molar-refractivity contribution in [3.8, 4) is 0 Å². The summed E-state index contributed by atoms with van der Waals surface area (Å²) in [4.78, 5) is 24.7. The first kappa shape index (κ1) is 15.4. The van der Waals surface area contributed by atoms with Crippen molar-refractivity contribution in [1.82, 2.24) is 10.3 Å². The van der Waals surface area contributed by atoms with Crippen molar-refractivity contribution in [2.75, 3.05) is 4.90 Å². The van der Waals surface area contributed by atoms with E-state index in [1.165, 1.54) is 0 Å². The molecule has 6 nitrogen and oxygen atoms in total. The topological polar surface area (TPSA) is 65.0 Å². The van der Waals surface area contributed by atoms with Gasteiger partial charge >= 0.3 is 12.1 Å². The molecule has 0 spiro atoms. The van der Waals surface area contributed by atoms with Crippen molar-refractivity contribution >= 4 is 36.1 Å². The summed E-state index contributed by atoms with van der Waals surface area (Å²) in [5.41, 5.74) is 2.21. The van der Waals surface area contributed by atoms with E-state index in [1.54, 1.807) is 32.9 Å². The van der Waals surface area contributed by atoms with Gasteiger partial charge in [-0.3, -0.25) is 0 Å². The molecular weight excluding hydrogens is 288 g/mol. The lowest BCUT2D eigenvalue weighted by Gasteiger charge is -2.42. The highest BCUT2D eigenvalue weighted by Gasteiger charge is 2.45. The van der Waals surface area contributed by atoms with Gasteiger partial charge in [-0.15, -0.1) is 12.6 Å². The first-order valence-electron chi connectivity index (χ1n) is 6.49. The Kier molecular flexibility index (Phi) is 3.95. The smallest absolute Gasteiger partial charge is 0.304 e. The second-order valence-electron chi connectivity index (χ2n) is 5.26. The Bertz CT molecular complexity index is 606. The predicted octanol–water partition coefficient (Wildman–Crippen LogP) is 2.95. The van der Waals surface area contributed by atoms with E-state index >= 15 is 0 Å². The number of urea groups is 2. The van der Waals surface area contributed by atoms with Crippen molar-refractivity contribution in [1.29, 1.82) is 0 Å². The molecule has 112 valence electrons. The van der Waals surface area contributed by atoms with Crippen molar-refractivity contribution < 1.29 is 9.59 Å². The number of thiol groups is 1. The van der Waals surface area contributed by atoms with Gasteiger partial charge in [-0.1, -0.05) is 17.7 Å². The number of benzene rings is 1. The molecule has 0 aliphatic carbocycles. The fourth-order valence-electron chi connectivity index (χ4n) is 1.94. The Hall–Kier alpha value is -2.02. The fraction of sp³-hybridized carbons (Fsp3) is 0.357. The van der Waals surface area contributed by atoms with Crippen LogP contribution >= 0.6 is 12.6 Å². The molecule has 1 aliphatic rings. The number of hydrogen-bond donors (Lipinski definition) is 2. The van der Waals surface area contributed by atoms with E-state index in [4.69, 9.17) is 0 Å². The van der Waals surface area contributed by atoms with E-state index in [-0.39, 0.29) is 0 Å². The lowest BCUT2D eigenvalue weighted by molar-refractivity contribution is 0.149. The number of carbonyl (C=O) groups is 2. The number of rotatable bonds is 2. The zero-order valence-electron chi connectivity index (χ0n) is 12.4. The van der Waals surface area contributed by atoms with Crippen LogP contribution in [-0.4, -0.2) is 27.8 Å². The summed E-state index contributed by atoms with van der Waals surface area (Å²) in [6, 6.07) is 6.04. The zero-order chi connectivity index (χ0) is 15.8. The number of aryl methyl sites for hydroxylation is 1. The average molecular weight is 306 g/mol. The molecule has 0 aromatic heterocycles. The van der Waals surface area contributed by atoms with Crippen molar-refractivity contribution in [3.63, 3.8) is 0 Å². The normalized spacial score (nSPS) is 22.1. The molecule has 1 aliphatic heterocycles.